The lowest BCUT2D eigenvalue weighted by atomic mass is 9.81. The summed E-state index contributed by atoms with van der Waals surface area (Å²) in [6.45, 7) is 3.66. The molecule has 12 nitrogen and oxygen atoms in total. The van der Waals surface area contributed by atoms with Gasteiger partial charge >= 0.3 is 11.9 Å². The number of benzene rings is 3. The topological polar surface area (TPSA) is 199 Å². The molecule has 3 atom stereocenters. The van der Waals surface area contributed by atoms with E-state index in [-0.39, 0.29) is 35.0 Å². The standard InChI is InChI=1S/C34H38N2O10S4/c1-23-13-15-27(49(39,40)41)17-31(23)45-33(38)30(36-20-26-11-7-4-8-12-26)22-48-47-21-29(35)32(37)46-34(18-25-9-5-3-6-10-25)19-28(50(42,43)44)16-14-24(34)2/h3-17,29-30,36H,18-22,35H2,1-2H3,(H,39,40,41)(H,42,43,44)/t29?,30-,34?/m0/s1. The quantitative estimate of drug-likeness (QED) is 0.0517. The molecule has 0 aromatic heterocycles. The van der Waals surface area contributed by atoms with Gasteiger partial charge in [0.1, 0.15) is 23.4 Å². The van der Waals surface area contributed by atoms with E-state index in [2.05, 4.69) is 5.32 Å². The van der Waals surface area contributed by atoms with Crippen LogP contribution in [0, 0.1) is 6.92 Å². The van der Waals surface area contributed by atoms with Crippen molar-refractivity contribution >= 4 is 53.8 Å². The Kier molecular flexibility index (Phi) is 13.5. The van der Waals surface area contributed by atoms with Gasteiger partial charge in [0, 0.05) is 37.0 Å². The number of allylic oxidation sites excluding steroid dienone is 2. The smallest absolute Gasteiger partial charge is 0.329 e. The van der Waals surface area contributed by atoms with Crippen molar-refractivity contribution in [1.29, 1.82) is 0 Å². The number of nitrogens with two attached hydrogens (primary N) is 1. The molecule has 0 fully saturated rings. The van der Waals surface area contributed by atoms with Crippen LogP contribution in [0.25, 0.3) is 0 Å². The Labute approximate surface area is 299 Å². The van der Waals surface area contributed by atoms with Gasteiger partial charge in [0.25, 0.3) is 20.2 Å². The predicted octanol–water partition coefficient (Wildman–Crippen LogP) is 4.66. The molecule has 0 bridgehead atoms. The van der Waals surface area contributed by atoms with Crippen molar-refractivity contribution in [1.82, 2.24) is 5.32 Å². The van der Waals surface area contributed by atoms with Gasteiger partial charge in [-0.1, -0.05) is 94.4 Å². The fourth-order valence-electron chi connectivity index (χ4n) is 4.96. The summed E-state index contributed by atoms with van der Waals surface area (Å²) in [5, 5.41) is 3.15. The van der Waals surface area contributed by atoms with Crippen LogP contribution in [0.3, 0.4) is 0 Å². The molecule has 16 heteroatoms. The van der Waals surface area contributed by atoms with E-state index in [0.717, 1.165) is 17.2 Å². The molecule has 3 aromatic rings. The molecule has 4 rings (SSSR count). The largest absolute Gasteiger partial charge is 0.453 e. The van der Waals surface area contributed by atoms with Crippen LogP contribution in [0.15, 0.2) is 106 Å². The highest BCUT2D eigenvalue weighted by Gasteiger charge is 2.42. The number of ether oxygens (including phenoxy) is 2. The zero-order chi connectivity index (χ0) is 36.5. The van der Waals surface area contributed by atoms with Crippen LogP contribution in [0.2, 0.25) is 0 Å². The number of esters is 2. The fourth-order valence-corrected chi connectivity index (χ4v) is 8.40. The lowest BCUT2D eigenvalue weighted by molar-refractivity contribution is -0.157. The number of hydrogen-bond donors (Lipinski definition) is 4. The van der Waals surface area contributed by atoms with Gasteiger partial charge in [0.2, 0.25) is 0 Å². The number of aryl methyl sites for hydroxylation is 1. The summed E-state index contributed by atoms with van der Waals surface area (Å²) in [5.41, 5.74) is 7.58. The average molecular weight is 763 g/mol. The molecule has 1 aliphatic carbocycles. The van der Waals surface area contributed by atoms with Crippen molar-refractivity contribution in [2.75, 3.05) is 11.5 Å². The van der Waals surface area contributed by atoms with Gasteiger partial charge in [0.15, 0.2) is 0 Å². The molecule has 2 unspecified atom stereocenters. The third-order valence-corrected chi connectivity index (χ3v) is 12.1. The summed E-state index contributed by atoms with van der Waals surface area (Å²) in [5.74, 6) is -1.26. The maximum Gasteiger partial charge on any atom is 0.329 e. The van der Waals surface area contributed by atoms with Gasteiger partial charge in [0.05, 0.1) is 9.80 Å². The molecule has 0 heterocycles. The van der Waals surface area contributed by atoms with E-state index in [9.17, 15) is 35.5 Å². The summed E-state index contributed by atoms with van der Waals surface area (Å²) >= 11 is 0. The predicted molar refractivity (Wildman–Crippen MR) is 194 cm³/mol. The number of carbonyl (C=O) groups excluding carboxylic acids is 2. The zero-order valence-electron chi connectivity index (χ0n) is 27.2. The van der Waals surface area contributed by atoms with E-state index in [1.807, 2.05) is 48.5 Å². The lowest BCUT2D eigenvalue weighted by Gasteiger charge is -2.37. The highest BCUT2D eigenvalue weighted by Crippen LogP contribution is 2.38. The third kappa shape index (κ3) is 11.0. The molecule has 0 saturated carbocycles. The minimum atomic E-state index is -4.55. The molecule has 0 amide bonds. The summed E-state index contributed by atoms with van der Waals surface area (Å²) in [7, 11) is -6.62. The van der Waals surface area contributed by atoms with Crippen LogP contribution >= 0.6 is 21.6 Å². The maximum atomic E-state index is 13.4. The van der Waals surface area contributed by atoms with Crippen molar-refractivity contribution in [3.05, 3.63) is 118 Å². The highest BCUT2D eigenvalue weighted by molar-refractivity contribution is 8.76. The van der Waals surface area contributed by atoms with Gasteiger partial charge in [-0.05, 0) is 48.3 Å². The summed E-state index contributed by atoms with van der Waals surface area (Å²) in [6.07, 6.45) is 2.66. The minimum Gasteiger partial charge on any atom is -0.453 e. The Hall–Kier alpha value is -3.48. The minimum absolute atomic E-state index is 0.0254. The molecule has 268 valence electrons. The van der Waals surface area contributed by atoms with E-state index < -0.39 is 54.8 Å². The molecule has 0 saturated heterocycles. The summed E-state index contributed by atoms with van der Waals surface area (Å²) in [6, 6.07) is 20.1. The first-order chi connectivity index (χ1) is 23.6. The first-order valence-corrected chi connectivity index (χ1v) is 20.6. The Balaban J connectivity index is 1.42. The van der Waals surface area contributed by atoms with Gasteiger partial charge < -0.3 is 15.2 Å². The molecule has 0 aliphatic heterocycles. The molecular weight excluding hydrogens is 725 g/mol. The number of rotatable bonds is 16. The number of nitrogens with one attached hydrogen (secondary N) is 1. The number of carbonyl (C=O) groups is 2. The first-order valence-electron chi connectivity index (χ1n) is 15.3. The van der Waals surface area contributed by atoms with Crippen LogP contribution in [0.1, 0.15) is 30.0 Å². The second-order valence-electron chi connectivity index (χ2n) is 11.6. The van der Waals surface area contributed by atoms with Crippen molar-refractivity contribution < 1.29 is 45.0 Å². The van der Waals surface area contributed by atoms with Gasteiger partial charge in [-0.2, -0.15) is 16.8 Å². The Bertz CT molecular complexity index is 1950. The molecule has 0 spiro atoms. The fraction of sp³-hybridized carbons (Fsp3) is 0.294. The van der Waals surface area contributed by atoms with E-state index in [1.165, 1.54) is 45.9 Å². The number of hydrogen-bond acceptors (Lipinski definition) is 12. The summed E-state index contributed by atoms with van der Waals surface area (Å²) in [4.78, 5) is 26.0. The van der Waals surface area contributed by atoms with E-state index in [0.29, 0.717) is 17.7 Å². The molecule has 0 radical (unpaired) electrons. The van der Waals surface area contributed by atoms with E-state index in [4.69, 9.17) is 15.2 Å². The SMILES string of the molecule is CC1=CC=C(S(=O)(=O)O)CC1(Cc1ccccc1)OC(=O)C(N)CSSC[C@H](NCc1ccccc1)C(=O)Oc1cc(S(=O)(=O)O)ccc1C. The maximum absolute atomic E-state index is 13.4. The van der Waals surface area contributed by atoms with Crippen molar-refractivity contribution in [2.45, 2.75) is 55.8 Å². The first kappa shape index (κ1) is 39.3. The van der Waals surface area contributed by atoms with Crippen LogP contribution in [0.4, 0.5) is 0 Å². The molecule has 1 aliphatic rings. The second-order valence-corrected chi connectivity index (χ2v) is 17.1. The van der Waals surface area contributed by atoms with E-state index in [1.54, 1.807) is 26.0 Å². The Morgan fingerprint density at radius 1 is 0.860 bits per heavy atom. The van der Waals surface area contributed by atoms with Crippen molar-refractivity contribution in [2.24, 2.45) is 5.73 Å². The van der Waals surface area contributed by atoms with Crippen molar-refractivity contribution in [3.63, 3.8) is 0 Å². The lowest BCUT2D eigenvalue weighted by Crippen LogP contribution is -2.46. The molecule has 50 heavy (non-hydrogen) atoms. The van der Waals surface area contributed by atoms with Crippen LogP contribution < -0.4 is 15.8 Å². The van der Waals surface area contributed by atoms with Gasteiger partial charge in [-0.15, -0.1) is 0 Å². The van der Waals surface area contributed by atoms with Gasteiger partial charge in [-0.25, -0.2) is 4.79 Å². The van der Waals surface area contributed by atoms with Crippen LogP contribution in [-0.4, -0.2) is 67.1 Å². The van der Waals surface area contributed by atoms with Gasteiger partial charge in [-0.3, -0.25) is 19.2 Å². The summed E-state index contributed by atoms with van der Waals surface area (Å²) < 4.78 is 78.1. The normalized spacial score (nSPS) is 17.6. The molecule has 5 N–H and O–H groups in total. The van der Waals surface area contributed by atoms with Crippen molar-refractivity contribution in [3.8, 4) is 5.75 Å². The van der Waals surface area contributed by atoms with E-state index >= 15 is 0 Å². The Morgan fingerprint density at radius 3 is 2.10 bits per heavy atom. The zero-order valence-corrected chi connectivity index (χ0v) is 30.5. The molecule has 3 aromatic carbocycles. The second kappa shape index (κ2) is 17.2. The monoisotopic (exact) mass is 762 g/mol. The average Bonchev–Trinajstić information content (AvgIpc) is 3.06. The highest BCUT2D eigenvalue weighted by atomic mass is 33.1. The third-order valence-electron chi connectivity index (χ3n) is 7.87. The van der Waals surface area contributed by atoms with Crippen LogP contribution in [-0.2, 0) is 47.5 Å². The Morgan fingerprint density at radius 2 is 1.48 bits per heavy atom. The molecular formula is C34H38N2O10S4. The van der Waals surface area contributed by atoms with Crippen LogP contribution in [0.5, 0.6) is 5.75 Å².